The highest BCUT2D eigenvalue weighted by molar-refractivity contribution is 8.01. The van der Waals surface area contributed by atoms with E-state index in [0.29, 0.717) is 41.9 Å². The maximum absolute atomic E-state index is 14.7. The molecule has 2 aliphatic heterocycles. The molecule has 0 atom stereocenters. The molecule has 4 aromatic rings. The largest absolute Gasteiger partial charge is 0.493 e. The first kappa shape index (κ1) is 22.1. The maximum Gasteiger partial charge on any atom is 0.209 e. The van der Waals surface area contributed by atoms with Crippen LogP contribution in [0.5, 0.6) is 5.75 Å². The van der Waals surface area contributed by atoms with Crippen molar-refractivity contribution in [1.82, 2.24) is 24.1 Å². The number of nitrogens with one attached hydrogen (secondary N) is 2. The van der Waals surface area contributed by atoms with Gasteiger partial charge in [-0.3, -0.25) is 18.3 Å². The zero-order valence-electron chi connectivity index (χ0n) is 19.4. The fourth-order valence-electron chi connectivity index (χ4n) is 5.01. The normalized spacial score (nSPS) is 17.7. The molecule has 2 N–H and O–H groups in total. The molecule has 0 aliphatic carbocycles. The molecule has 5 heterocycles. The smallest absolute Gasteiger partial charge is 0.209 e. The minimum absolute atomic E-state index is 0.245. The van der Waals surface area contributed by atoms with E-state index in [2.05, 4.69) is 25.0 Å². The number of fused-ring (bicyclic) bond motifs is 2. The number of rotatable bonds is 5. The van der Waals surface area contributed by atoms with Crippen molar-refractivity contribution < 1.29 is 13.3 Å². The lowest BCUT2D eigenvalue weighted by atomic mass is 10.0. The molecular formula is C25H27FN6O2S. The van der Waals surface area contributed by atoms with Gasteiger partial charge in [-0.2, -0.15) is 0 Å². The summed E-state index contributed by atoms with van der Waals surface area (Å²) >= 11 is 0. The number of aryl methyl sites for hydroxylation is 1. The highest BCUT2D eigenvalue weighted by atomic mass is 32.3. The summed E-state index contributed by atoms with van der Waals surface area (Å²) in [6, 6.07) is 6.98. The molecule has 1 saturated heterocycles. The average molecular weight is 495 g/mol. The van der Waals surface area contributed by atoms with Crippen molar-refractivity contribution >= 4 is 21.6 Å². The van der Waals surface area contributed by atoms with Gasteiger partial charge < -0.3 is 10.1 Å². The Morgan fingerprint density at radius 2 is 2.11 bits per heavy atom. The summed E-state index contributed by atoms with van der Waals surface area (Å²) in [7, 11) is -2.88. The van der Waals surface area contributed by atoms with Crippen molar-refractivity contribution in [2.45, 2.75) is 37.8 Å². The van der Waals surface area contributed by atoms with Gasteiger partial charge in [-0.15, -0.1) is 0 Å². The molecule has 0 spiro atoms. The third-order valence-corrected chi connectivity index (χ3v) is 9.51. The number of pyridine rings is 1. The monoisotopic (exact) mass is 494 g/mol. The second-order valence-electron chi connectivity index (χ2n) is 8.95. The number of aromatic nitrogens is 4. The lowest BCUT2D eigenvalue weighted by Gasteiger charge is -2.28. The number of thiol groups is 1. The summed E-state index contributed by atoms with van der Waals surface area (Å²) < 4.78 is 39.3. The fourth-order valence-corrected chi connectivity index (χ4v) is 7.53. The van der Waals surface area contributed by atoms with E-state index < -0.39 is 10.1 Å². The van der Waals surface area contributed by atoms with Gasteiger partial charge in [-0.05, 0) is 48.1 Å². The lowest BCUT2D eigenvalue weighted by molar-refractivity contribution is 0.356. The van der Waals surface area contributed by atoms with E-state index in [1.165, 1.54) is 6.07 Å². The molecule has 1 fully saturated rings. The van der Waals surface area contributed by atoms with Crippen LogP contribution in [0.4, 0.5) is 10.3 Å². The fraction of sp³-hybridized carbons (Fsp3) is 0.320. The van der Waals surface area contributed by atoms with Gasteiger partial charge in [0.15, 0.2) is 0 Å². The molecule has 10 heteroatoms. The van der Waals surface area contributed by atoms with E-state index in [-0.39, 0.29) is 12.4 Å². The quantitative estimate of drug-likeness (QED) is 0.368. The Kier molecular flexibility index (Phi) is 5.49. The molecule has 3 aromatic heterocycles. The standard InChI is InChI=1S/C25H27FN6O2S/c1-16-17(5-4-9-27-16)20-14-29-25(28-13-19-18-8-11-34-22(18)7-6-21(19)26)32-15-30-24(23(20)32)35(33)12-3-2-10-31-35/h4-7,9,14-15,35H,2-3,8,10-13H2,1H3,(H,28,29)(H,31,33). The predicted octanol–water partition coefficient (Wildman–Crippen LogP) is 3.46. The van der Waals surface area contributed by atoms with Crippen molar-refractivity contribution in [3.63, 3.8) is 0 Å². The topological polar surface area (TPSA) is 93.4 Å². The van der Waals surface area contributed by atoms with Gasteiger partial charge in [-0.1, -0.05) is 6.07 Å². The lowest BCUT2D eigenvalue weighted by Crippen LogP contribution is -2.39. The van der Waals surface area contributed by atoms with Crippen LogP contribution in [0.25, 0.3) is 16.6 Å². The number of ether oxygens (including phenoxy) is 1. The summed E-state index contributed by atoms with van der Waals surface area (Å²) in [5.41, 5.74) is 4.77. The number of anilines is 1. The van der Waals surface area contributed by atoms with Gasteiger partial charge >= 0.3 is 0 Å². The van der Waals surface area contributed by atoms with Gasteiger partial charge in [0.25, 0.3) is 0 Å². The molecule has 0 unspecified atom stereocenters. The molecule has 0 radical (unpaired) electrons. The van der Waals surface area contributed by atoms with Crippen LogP contribution >= 0.6 is 0 Å². The number of hydrogen-bond donors (Lipinski definition) is 3. The van der Waals surface area contributed by atoms with Crippen LogP contribution in [0, 0.1) is 12.7 Å². The molecule has 182 valence electrons. The minimum atomic E-state index is -2.88. The van der Waals surface area contributed by atoms with E-state index >= 15 is 0 Å². The second-order valence-corrected chi connectivity index (χ2v) is 11.6. The molecule has 8 nitrogen and oxygen atoms in total. The Bertz CT molecular complexity index is 1480. The Balaban J connectivity index is 1.47. The molecule has 35 heavy (non-hydrogen) atoms. The van der Waals surface area contributed by atoms with Gasteiger partial charge in [0.05, 0.1) is 12.1 Å². The summed E-state index contributed by atoms with van der Waals surface area (Å²) in [5.74, 6) is 1.53. The number of imidazole rings is 1. The molecule has 0 saturated carbocycles. The summed E-state index contributed by atoms with van der Waals surface area (Å²) in [5, 5.41) is 3.84. The molecule has 0 bridgehead atoms. The van der Waals surface area contributed by atoms with Crippen molar-refractivity contribution in [2.75, 3.05) is 24.2 Å². The van der Waals surface area contributed by atoms with E-state index in [4.69, 9.17) is 4.74 Å². The number of benzene rings is 1. The zero-order valence-corrected chi connectivity index (χ0v) is 20.3. The van der Waals surface area contributed by atoms with Crippen LogP contribution in [-0.4, -0.2) is 42.5 Å². The minimum Gasteiger partial charge on any atom is -0.493 e. The zero-order chi connectivity index (χ0) is 24.0. The van der Waals surface area contributed by atoms with Crippen LogP contribution in [0.1, 0.15) is 29.7 Å². The van der Waals surface area contributed by atoms with E-state index in [9.17, 15) is 8.60 Å². The highest BCUT2D eigenvalue weighted by Gasteiger charge is 2.28. The van der Waals surface area contributed by atoms with Crippen molar-refractivity contribution in [3.8, 4) is 16.9 Å². The van der Waals surface area contributed by atoms with Gasteiger partial charge in [0, 0.05) is 65.6 Å². The second kappa shape index (κ2) is 8.69. The van der Waals surface area contributed by atoms with E-state index in [1.54, 1.807) is 24.8 Å². The van der Waals surface area contributed by atoms with Gasteiger partial charge in [0.1, 0.15) is 22.9 Å². The van der Waals surface area contributed by atoms with Crippen molar-refractivity contribution in [3.05, 3.63) is 65.6 Å². The Hall–Kier alpha value is -3.37. The van der Waals surface area contributed by atoms with Crippen molar-refractivity contribution in [1.29, 1.82) is 0 Å². The Labute approximate surface area is 203 Å². The molecule has 6 rings (SSSR count). The predicted molar refractivity (Wildman–Crippen MR) is 134 cm³/mol. The molecular weight excluding hydrogens is 467 g/mol. The maximum atomic E-state index is 14.7. The van der Waals surface area contributed by atoms with E-state index in [1.807, 2.05) is 23.5 Å². The molecule has 1 aromatic carbocycles. The first-order valence-corrected chi connectivity index (χ1v) is 13.7. The highest BCUT2D eigenvalue weighted by Crippen LogP contribution is 2.35. The number of hydrogen-bond acceptors (Lipinski definition) is 6. The van der Waals surface area contributed by atoms with Crippen LogP contribution in [0.3, 0.4) is 0 Å². The number of nitrogens with zero attached hydrogens (tertiary/aromatic N) is 4. The van der Waals surface area contributed by atoms with Gasteiger partial charge in [0.2, 0.25) is 5.95 Å². The van der Waals surface area contributed by atoms with Crippen LogP contribution in [0.2, 0.25) is 0 Å². The Morgan fingerprint density at radius 3 is 2.94 bits per heavy atom. The summed E-state index contributed by atoms with van der Waals surface area (Å²) in [6.07, 6.45) is 7.72. The SMILES string of the molecule is Cc1ncccc1-c1cnc(NCc2c(F)ccc3c2CCO3)n2cnc([SH]3(=O)CCCCN3)c12. The van der Waals surface area contributed by atoms with Crippen LogP contribution in [-0.2, 0) is 23.1 Å². The average Bonchev–Trinajstić information content (AvgIpc) is 3.53. The first-order valence-electron chi connectivity index (χ1n) is 11.8. The Morgan fingerprint density at radius 1 is 1.20 bits per heavy atom. The van der Waals surface area contributed by atoms with Crippen molar-refractivity contribution in [2.24, 2.45) is 0 Å². The van der Waals surface area contributed by atoms with Gasteiger partial charge in [-0.25, -0.2) is 14.4 Å². The third kappa shape index (κ3) is 3.77. The number of halogens is 1. The summed E-state index contributed by atoms with van der Waals surface area (Å²) in [4.78, 5) is 13.7. The van der Waals surface area contributed by atoms with E-state index in [0.717, 1.165) is 46.5 Å². The summed E-state index contributed by atoms with van der Waals surface area (Å²) in [6.45, 7) is 3.44. The molecule has 0 amide bonds. The van der Waals surface area contributed by atoms with Crippen LogP contribution in [0.15, 0.2) is 48.0 Å². The van der Waals surface area contributed by atoms with Crippen LogP contribution < -0.4 is 14.8 Å². The molecule has 2 aliphatic rings. The third-order valence-electron chi connectivity index (χ3n) is 6.82. The first-order chi connectivity index (χ1) is 17.0.